The Balaban J connectivity index is 1.57. The maximum absolute atomic E-state index is 12.1. The lowest BCUT2D eigenvalue weighted by Crippen LogP contribution is -2.28. The van der Waals surface area contributed by atoms with Crippen LogP contribution in [0.3, 0.4) is 0 Å². The fourth-order valence-electron chi connectivity index (χ4n) is 2.18. The summed E-state index contributed by atoms with van der Waals surface area (Å²) < 4.78 is 2.06. The Bertz CT molecular complexity index is 801. The van der Waals surface area contributed by atoms with E-state index >= 15 is 0 Å². The molecule has 0 saturated carbocycles. The summed E-state index contributed by atoms with van der Waals surface area (Å²) in [7, 11) is 0. The second-order valence-corrected chi connectivity index (χ2v) is 7.77. The summed E-state index contributed by atoms with van der Waals surface area (Å²) in [4.78, 5) is 16.6. The van der Waals surface area contributed by atoms with Crippen LogP contribution >= 0.6 is 34.7 Å². The number of thiazole rings is 1. The third-order valence-corrected chi connectivity index (χ3v) is 5.74. The molecule has 3 nitrogen and oxygen atoms in total. The number of aromatic nitrogens is 1. The summed E-state index contributed by atoms with van der Waals surface area (Å²) >= 11 is 9.06. The van der Waals surface area contributed by atoms with Gasteiger partial charge in [-0.15, -0.1) is 11.3 Å². The molecule has 0 spiro atoms. The van der Waals surface area contributed by atoms with Gasteiger partial charge in [-0.3, -0.25) is 4.79 Å². The fourth-order valence-corrected chi connectivity index (χ4v) is 4.26. The van der Waals surface area contributed by atoms with Crippen LogP contribution in [0.4, 0.5) is 0 Å². The van der Waals surface area contributed by atoms with Crippen molar-refractivity contribution in [2.75, 3.05) is 5.75 Å². The number of nitrogens with one attached hydrogen (secondary N) is 1. The number of carbonyl (C=O) groups excluding carboxylic acids is 1. The first-order valence-electron chi connectivity index (χ1n) is 7.15. The minimum atomic E-state index is -0.0721. The van der Waals surface area contributed by atoms with Crippen LogP contribution in [-0.2, 0) is 4.79 Å². The van der Waals surface area contributed by atoms with Crippen molar-refractivity contribution in [1.82, 2.24) is 10.3 Å². The van der Waals surface area contributed by atoms with Gasteiger partial charge < -0.3 is 5.32 Å². The summed E-state index contributed by atoms with van der Waals surface area (Å²) in [6.07, 6.45) is 0. The van der Waals surface area contributed by atoms with Crippen molar-refractivity contribution >= 4 is 50.8 Å². The molecule has 23 heavy (non-hydrogen) atoms. The number of para-hydroxylation sites is 1. The number of hydrogen-bond acceptors (Lipinski definition) is 4. The van der Waals surface area contributed by atoms with Crippen LogP contribution in [0.15, 0.2) is 52.9 Å². The van der Waals surface area contributed by atoms with Gasteiger partial charge in [-0.1, -0.05) is 47.6 Å². The molecule has 1 N–H and O–H groups in total. The Morgan fingerprint density at radius 1 is 1.30 bits per heavy atom. The van der Waals surface area contributed by atoms with Crippen LogP contribution in [0.25, 0.3) is 10.2 Å². The van der Waals surface area contributed by atoms with Crippen molar-refractivity contribution in [3.05, 3.63) is 59.1 Å². The number of fused-ring (bicyclic) bond motifs is 1. The topological polar surface area (TPSA) is 42.0 Å². The molecular weight excluding hydrogens is 348 g/mol. The zero-order valence-corrected chi connectivity index (χ0v) is 14.8. The molecule has 1 heterocycles. The molecule has 0 fully saturated rings. The molecular formula is C17H15ClN2OS2. The molecule has 1 amide bonds. The molecule has 3 rings (SSSR count). The largest absolute Gasteiger partial charge is 0.349 e. The number of rotatable bonds is 5. The average Bonchev–Trinajstić information content (AvgIpc) is 2.96. The lowest BCUT2D eigenvalue weighted by Gasteiger charge is -2.14. The van der Waals surface area contributed by atoms with Gasteiger partial charge in [0.1, 0.15) is 0 Å². The quantitative estimate of drug-likeness (QED) is 0.655. The Morgan fingerprint density at radius 3 is 2.91 bits per heavy atom. The van der Waals surface area contributed by atoms with E-state index in [2.05, 4.69) is 10.3 Å². The van der Waals surface area contributed by atoms with Gasteiger partial charge in [0.25, 0.3) is 0 Å². The molecule has 0 aliphatic rings. The SMILES string of the molecule is CC(NC(=O)CSc1nc2ccccc2s1)c1cccc(Cl)c1. The minimum absolute atomic E-state index is 0.0123. The Morgan fingerprint density at radius 2 is 2.13 bits per heavy atom. The standard InChI is InChI=1S/C17H15ClN2OS2/c1-11(12-5-4-6-13(18)9-12)19-16(21)10-22-17-20-14-7-2-3-8-15(14)23-17/h2-9,11H,10H2,1H3,(H,19,21). The molecule has 3 aromatic rings. The van der Waals surface area contributed by atoms with E-state index in [1.165, 1.54) is 11.8 Å². The minimum Gasteiger partial charge on any atom is -0.349 e. The molecule has 1 aromatic heterocycles. The first-order valence-corrected chi connectivity index (χ1v) is 9.33. The lowest BCUT2D eigenvalue weighted by molar-refractivity contribution is -0.119. The second-order valence-electron chi connectivity index (χ2n) is 5.08. The van der Waals surface area contributed by atoms with Crippen LogP contribution < -0.4 is 5.32 Å². The summed E-state index contributed by atoms with van der Waals surface area (Å²) in [6, 6.07) is 15.4. The van der Waals surface area contributed by atoms with Gasteiger partial charge in [0.2, 0.25) is 5.91 Å². The number of amides is 1. The van der Waals surface area contributed by atoms with E-state index in [4.69, 9.17) is 11.6 Å². The lowest BCUT2D eigenvalue weighted by atomic mass is 10.1. The predicted octanol–water partition coefficient (Wildman–Crippen LogP) is 4.92. The van der Waals surface area contributed by atoms with E-state index in [0.29, 0.717) is 10.8 Å². The first kappa shape index (κ1) is 16.3. The van der Waals surface area contributed by atoms with E-state index in [9.17, 15) is 4.79 Å². The highest BCUT2D eigenvalue weighted by atomic mass is 35.5. The summed E-state index contributed by atoms with van der Waals surface area (Å²) in [5.74, 6) is 0.340. The molecule has 0 radical (unpaired) electrons. The molecule has 1 atom stereocenters. The summed E-state index contributed by atoms with van der Waals surface area (Å²) in [5, 5.41) is 3.66. The van der Waals surface area contributed by atoms with Gasteiger partial charge in [0.15, 0.2) is 4.34 Å². The Hall–Kier alpha value is -1.56. The third-order valence-electron chi connectivity index (χ3n) is 3.33. The van der Waals surface area contributed by atoms with E-state index in [1.54, 1.807) is 11.3 Å². The third kappa shape index (κ3) is 4.25. The average molecular weight is 363 g/mol. The molecule has 1 unspecified atom stereocenters. The van der Waals surface area contributed by atoms with E-state index in [1.807, 2.05) is 55.5 Å². The molecule has 6 heteroatoms. The maximum atomic E-state index is 12.1. The number of benzene rings is 2. The van der Waals surface area contributed by atoms with Gasteiger partial charge in [0.05, 0.1) is 22.0 Å². The van der Waals surface area contributed by atoms with Crippen LogP contribution in [0.5, 0.6) is 0 Å². The van der Waals surface area contributed by atoms with Gasteiger partial charge >= 0.3 is 0 Å². The van der Waals surface area contributed by atoms with E-state index in [0.717, 1.165) is 20.1 Å². The van der Waals surface area contributed by atoms with Crippen molar-refractivity contribution in [3.63, 3.8) is 0 Å². The number of nitrogens with zero attached hydrogens (tertiary/aromatic N) is 1. The zero-order chi connectivity index (χ0) is 16.2. The van der Waals surface area contributed by atoms with Crippen LogP contribution in [0, 0.1) is 0 Å². The maximum Gasteiger partial charge on any atom is 0.230 e. The van der Waals surface area contributed by atoms with Crippen molar-refractivity contribution < 1.29 is 4.79 Å². The summed E-state index contributed by atoms with van der Waals surface area (Å²) in [5.41, 5.74) is 1.98. The number of hydrogen-bond donors (Lipinski definition) is 1. The fraction of sp³-hybridized carbons (Fsp3) is 0.176. The smallest absolute Gasteiger partial charge is 0.230 e. The Labute approximate surface area is 148 Å². The highest BCUT2D eigenvalue weighted by molar-refractivity contribution is 8.01. The number of thioether (sulfide) groups is 1. The van der Waals surface area contributed by atoms with Crippen LogP contribution in [-0.4, -0.2) is 16.6 Å². The predicted molar refractivity (Wildman–Crippen MR) is 98.4 cm³/mol. The van der Waals surface area contributed by atoms with Gasteiger partial charge in [-0.25, -0.2) is 4.98 Å². The van der Waals surface area contributed by atoms with Crippen LogP contribution in [0.2, 0.25) is 5.02 Å². The molecule has 118 valence electrons. The van der Waals surface area contributed by atoms with Crippen molar-refractivity contribution in [3.8, 4) is 0 Å². The van der Waals surface area contributed by atoms with Gasteiger partial charge in [0, 0.05) is 5.02 Å². The van der Waals surface area contributed by atoms with Crippen molar-refractivity contribution in [2.24, 2.45) is 0 Å². The van der Waals surface area contributed by atoms with Gasteiger partial charge in [-0.2, -0.15) is 0 Å². The molecule has 0 bridgehead atoms. The molecule has 0 aliphatic carbocycles. The van der Waals surface area contributed by atoms with Crippen molar-refractivity contribution in [1.29, 1.82) is 0 Å². The second kappa shape index (κ2) is 7.34. The molecule has 2 aromatic carbocycles. The Kier molecular flexibility index (Phi) is 5.20. The summed E-state index contributed by atoms with van der Waals surface area (Å²) in [6.45, 7) is 1.95. The molecule has 0 aliphatic heterocycles. The molecule has 0 saturated heterocycles. The zero-order valence-electron chi connectivity index (χ0n) is 12.5. The monoisotopic (exact) mass is 362 g/mol. The van der Waals surface area contributed by atoms with Crippen LogP contribution in [0.1, 0.15) is 18.5 Å². The van der Waals surface area contributed by atoms with E-state index in [-0.39, 0.29) is 11.9 Å². The highest BCUT2D eigenvalue weighted by Crippen LogP contribution is 2.29. The number of carbonyl (C=O) groups is 1. The normalized spacial score (nSPS) is 12.3. The van der Waals surface area contributed by atoms with Crippen molar-refractivity contribution in [2.45, 2.75) is 17.3 Å². The first-order chi connectivity index (χ1) is 11.1. The van der Waals surface area contributed by atoms with E-state index < -0.39 is 0 Å². The highest BCUT2D eigenvalue weighted by Gasteiger charge is 2.11. The number of halogens is 1. The van der Waals surface area contributed by atoms with Gasteiger partial charge in [-0.05, 0) is 36.8 Å².